The lowest BCUT2D eigenvalue weighted by Crippen LogP contribution is -2.32. The smallest absolute Gasteiger partial charge is 0.257 e. The van der Waals surface area contributed by atoms with Crippen molar-refractivity contribution >= 4 is 15.9 Å². The molecular formula is C20H30N2O4S. The number of hydrogen-bond donors (Lipinski definition) is 2. The number of hydrogen-bond acceptors (Lipinski definition) is 4. The number of ether oxygens (including phenoxy) is 1. The molecular weight excluding hydrogens is 364 g/mol. The summed E-state index contributed by atoms with van der Waals surface area (Å²) in [7, 11) is -3.53. The maximum absolute atomic E-state index is 12.2. The normalized spacial score (nSPS) is 15.7. The number of nitrogens with one attached hydrogen (secondary N) is 2. The van der Waals surface area contributed by atoms with E-state index in [1.807, 2.05) is 13.8 Å². The SMILES string of the molecule is CC[C@H](C)NS(=O)(=O)c1ccc(OCC(=O)NCCC2=CCCCC2)cc1. The van der Waals surface area contributed by atoms with E-state index in [2.05, 4.69) is 16.1 Å². The first-order valence-corrected chi connectivity index (χ1v) is 11.1. The zero-order valence-electron chi connectivity index (χ0n) is 16.2. The first-order valence-electron chi connectivity index (χ1n) is 9.60. The molecule has 7 heteroatoms. The summed E-state index contributed by atoms with van der Waals surface area (Å²) in [6, 6.07) is 5.96. The van der Waals surface area contributed by atoms with Gasteiger partial charge in [-0.3, -0.25) is 4.79 Å². The molecule has 0 heterocycles. The average molecular weight is 395 g/mol. The van der Waals surface area contributed by atoms with Gasteiger partial charge in [0.15, 0.2) is 6.61 Å². The van der Waals surface area contributed by atoms with Crippen LogP contribution in [0.3, 0.4) is 0 Å². The van der Waals surface area contributed by atoms with Crippen LogP contribution in [0, 0.1) is 0 Å². The van der Waals surface area contributed by atoms with Crippen LogP contribution in [0.15, 0.2) is 40.8 Å². The molecule has 2 rings (SSSR count). The molecule has 1 aliphatic carbocycles. The summed E-state index contributed by atoms with van der Waals surface area (Å²) >= 11 is 0. The van der Waals surface area contributed by atoms with Crippen molar-refractivity contribution in [3.63, 3.8) is 0 Å². The summed E-state index contributed by atoms with van der Waals surface area (Å²) in [4.78, 5) is 12.1. The van der Waals surface area contributed by atoms with Crippen LogP contribution in [0.1, 0.15) is 52.4 Å². The topological polar surface area (TPSA) is 84.5 Å². The third-order valence-corrected chi connectivity index (χ3v) is 6.23. The maximum Gasteiger partial charge on any atom is 0.257 e. The van der Waals surface area contributed by atoms with Crippen LogP contribution in [0.2, 0.25) is 0 Å². The van der Waals surface area contributed by atoms with E-state index < -0.39 is 10.0 Å². The summed E-state index contributed by atoms with van der Waals surface area (Å²) in [6.07, 6.45) is 8.66. The van der Waals surface area contributed by atoms with E-state index in [1.165, 1.54) is 30.5 Å². The highest BCUT2D eigenvalue weighted by Crippen LogP contribution is 2.19. The van der Waals surface area contributed by atoms with E-state index in [1.54, 1.807) is 12.1 Å². The zero-order chi connectivity index (χ0) is 19.7. The van der Waals surface area contributed by atoms with Gasteiger partial charge < -0.3 is 10.1 Å². The van der Waals surface area contributed by atoms with Crippen molar-refractivity contribution in [1.29, 1.82) is 0 Å². The lowest BCUT2D eigenvalue weighted by Gasteiger charge is -2.13. The second-order valence-electron chi connectivity index (χ2n) is 6.90. The van der Waals surface area contributed by atoms with Gasteiger partial charge in [-0.25, -0.2) is 13.1 Å². The molecule has 6 nitrogen and oxygen atoms in total. The molecule has 1 amide bonds. The number of allylic oxidation sites excluding steroid dienone is 1. The average Bonchev–Trinajstić information content (AvgIpc) is 2.67. The third kappa shape index (κ3) is 7.34. The fourth-order valence-electron chi connectivity index (χ4n) is 2.83. The van der Waals surface area contributed by atoms with Gasteiger partial charge in [0.1, 0.15) is 5.75 Å². The molecule has 0 bridgehead atoms. The van der Waals surface area contributed by atoms with Crippen LogP contribution < -0.4 is 14.8 Å². The van der Waals surface area contributed by atoms with Crippen LogP contribution in [0.5, 0.6) is 5.75 Å². The number of benzene rings is 1. The van der Waals surface area contributed by atoms with Crippen LogP contribution in [-0.2, 0) is 14.8 Å². The number of amides is 1. The van der Waals surface area contributed by atoms with Gasteiger partial charge >= 0.3 is 0 Å². The Balaban J connectivity index is 1.75. The molecule has 0 spiro atoms. The number of sulfonamides is 1. The van der Waals surface area contributed by atoms with E-state index in [-0.39, 0.29) is 23.5 Å². The Morgan fingerprint density at radius 1 is 1.22 bits per heavy atom. The minimum atomic E-state index is -3.53. The fourth-order valence-corrected chi connectivity index (χ4v) is 4.15. The van der Waals surface area contributed by atoms with Gasteiger partial charge in [-0.05, 0) is 69.7 Å². The number of rotatable bonds is 10. The van der Waals surface area contributed by atoms with E-state index in [4.69, 9.17) is 4.74 Å². The Labute approximate surface area is 162 Å². The van der Waals surface area contributed by atoms with Gasteiger partial charge in [0.05, 0.1) is 4.90 Å². The van der Waals surface area contributed by atoms with Crippen LogP contribution in [0.4, 0.5) is 0 Å². The van der Waals surface area contributed by atoms with E-state index in [9.17, 15) is 13.2 Å². The third-order valence-electron chi connectivity index (χ3n) is 4.63. The van der Waals surface area contributed by atoms with Crippen molar-refractivity contribution in [3.05, 3.63) is 35.9 Å². The minimum Gasteiger partial charge on any atom is -0.484 e. The largest absolute Gasteiger partial charge is 0.484 e. The highest BCUT2D eigenvalue weighted by molar-refractivity contribution is 7.89. The van der Waals surface area contributed by atoms with Crippen molar-refractivity contribution in [2.75, 3.05) is 13.2 Å². The van der Waals surface area contributed by atoms with Gasteiger partial charge in [0.2, 0.25) is 10.0 Å². The van der Waals surface area contributed by atoms with Crippen molar-refractivity contribution in [2.24, 2.45) is 0 Å². The summed E-state index contributed by atoms with van der Waals surface area (Å²) in [5.41, 5.74) is 1.42. The highest BCUT2D eigenvalue weighted by Gasteiger charge is 2.16. The summed E-state index contributed by atoms with van der Waals surface area (Å²) in [5, 5.41) is 2.85. The quantitative estimate of drug-likeness (QED) is 0.597. The summed E-state index contributed by atoms with van der Waals surface area (Å²) in [6.45, 7) is 4.27. The molecule has 150 valence electrons. The number of carbonyl (C=O) groups is 1. The molecule has 1 aromatic rings. The van der Waals surface area contributed by atoms with Gasteiger partial charge in [0.25, 0.3) is 5.91 Å². The predicted molar refractivity (Wildman–Crippen MR) is 106 cm³/mol. The first-order chi connectivity index (χ1) is 12.9. The maximum atomic E-state index is 12.2. The van der Waals surface area contributed by atoms with Gasteiger partial charge in [-0.15, -0.1) is 0 Å². The number of carbonyl (C=O) groups excluding carboxylic acids is 1. The predicted octanol–water partition coefficient (Wildman–Crippen LogP) is 3.15. The molecule has 27 heavy (non-hydrogen) atoms. The van der Waals surface area contributed by atoms with Crippen LogP contribution >= 0.6 is 0 Å². The molecule has 2 N–H and O–H groups in total. The molecule has 0 fully saturated rings. The van der Waals surface area contributed by atoms with Gasteiger partial charge in [0, 0.05) is 12.6 Å². The molecule has 0 aromatic heterocycles. The van der Waals surface area contributed by atoms with Crippen LogP contribution in [-0.4, -0.2) is 33.5 Å². The summed E-state index contributed by atoms with van der Waals surface area (Å²) < 4.78 is 32.5. The Hall–Kier alpha value is -1.86. The molecule has 0 radical (unpaired) electrons. The standard InChI is InChI=1S/C20H30N2O4S/c1-3-16(2)22-27(24,25)19-11-9-18(10-12-19)26-15-20(23)21-14-13-17-7-5-4-6-8-17/h7,9-12,16,22H,3-6,8,13-15H2,1-2H3,(H,21,23)/t16-/m0/s1. The van der Waals surface area contributed by atoms with E-state index in [0.717, 1.165) is 19.3 Å². The van der Waals surface area contributed by atoms with Crippen molar-refractivity contribution in [1.82, 2.24) is 10.0 Å². The first kappa shape index (κ1) is 21.4. The Bertz CT molecular complexity index is 742. The fraction of sp³-hybridized carbons (Fsp3) is 0.550. The zero-order valence-corrected chi connectivity index (χ0v) is 17.0. The molecule has 1 aromatic carbocycles. The molecule has 0 saturated carbocycles. The molecule has 0 unspecified atom stereocenters. The van der Waals surface area contributed by atoms with E-state index >= 15 is 0 Å². The van der Waals surface area contributed by atoms with Crippen molar-refractivity contribution < 1.29 is 17.9 Å². The lowest BCUT2D eigenvalue weighted by molar-refractivity contribution is -0.123. The molecule has 0 saturated heterocycles. The highest BCUT2D eigenvalue weighted by atomic mass is 32.2. The molecule has 1 aliphatic rings. The second kappa shape index (κ2) is 10.5. The second-order valence-corrected chi connectivity index (χ2v) is 8.61. The lowest BCUT2D eigenvalue weighted by atomic mass is 9.97. The van der Waals surface area contributed by atoms with E-state index in [0.29, 0.717) is 18.7 Å². The molecule has 0 aliphatic heterocycles. The Morgan fingerprint density at radius 3 is 2.59 bits per heavy atom. The monoisotopic (exact) mass is 394 g/mol. The minimum absolute atomic E-state index is 0.0870. The Kier molecular flexibility index (Phi) is 8.31. The molecule has 1 atom stereocenters. The van der Waals surface area contributed by atoms with Crippen molar-refractivity contribution in [3.8, 4) is 5.75 Å². The Morgan fingerprint density at radius 2 is 1.96 bits per heavy atom. The van der Waals surface area contributed by atoms with Gasteiger partial charge in [-0.1, -0.05) is 18.6 Å². The van der Waals surface area contributed by atoms with Crippen molar-refractivity contribution in [2.45, 2.75) is 63.3 Å². The van der Waals surface area contributed by atoms with Gasteiger partial charge in [-0.2, -0.15) is 0 Å². The van der Waals surface area contributed by atoms with Crippen LogP contribution in [0.25, 0.3) is 0 Å². The summed E-state index contributed by atoms with van der Waals surface area (Å²) in [5.74, 6) is 0.282.